The lowest BCUT2D eigenvalue weighted by molar-refractivity contribution is 0.403. The van der Waals surface area contributed by atoms with Crippen LogP contribution in [0.3, 0.4) is 0 Å². The van der Waals surface area contributed by atoms with Crippen LogP contribution in [0.2, 0.25) is 0 Å². The first-order valence-corrected chi connectivity index (χ1v) is 8.25. The number of hydrogen-bond donors (Lipinski definition) is 0. The maximum atomic E-state index is 2.33. The first-order chi connectivity index (χ1) is 9.61. The fraction of sp³-hybridized carbons (Fsp3) is 0.444. The molecule has 110 valence electrons. The molecule has 0 aliphatic carbocycles. The minimum atomic E-state index is 0.995. The fourth-order valence-corrected chi connectivity index (χ4v) is 3.38. The summed E-state index contributed by atoms with van der Waals surface area (Å²) < 4.78 is 0. The molecule has 2 rings (SSSR count). The van der Waals surface area contributed by atoms with Gasteiger partial charge in [-0.05, 0) is 50.2 Å². The number of nitrogens with zero attached hydrogens (tertiary/aromatic N) is 1. The molecule has 20 heavy (non-hydrogen) atoms. The monoisotopic (exact) mass is 289 g/mol. The van der Waals surface area contributed by atoms with Crippen molar-refractivity contribution >= 4 is 11.3 Å². The molecule has 1 aromatic heterocycles. The van der Waals surface area contributed by atoms with E-state index in [0.29, 0.717) is 0 Å². The third-order valence-corrected chi connectivity index (χ3v) is 4.48. The number of thiophene rings is 1. The van der Waals surface area contributed by atoms with E-state index in [1.165, 1.54) is 26.4 Å². The van der Waals surface area contributed by atoms with Crippen LogP contribution < -0.4 is 0 Å². The summed E-state index contributed by atoms with van der Waals surface area (Å²) in [5, 5.41) is 0. The van der Waals surface area contributed by atoms with E-state index in [9.17, 15) is 0 Å². The summed E-state index contributed by atoms with van der Waals surface area (Å²) in [4.78, 5) is 5.13. The lowest BCUT2D eigenvalue weighted by Gasteiger charge is -2.13. The van der Waals surface area contributed by atoms with Crippen LogP contribution >= 0.6 is 11.3 Å². The van der Waals surface area contributed by atoms with Crippen molar-refractivity contribution in [2.75, 3.05) is 14.1 Å². The summed E-state index contributed by atoms with van der Waals surface area (Å²) in [6.07, 6.45) is 1.13. The molecular weight excluding hydrogens is 262 g/mol. The first-order valence-electron chi connectivity index (χ1n) is 7.44. The van der Waals surface area contributed by atoms with Gasteiger partial charge in [-0.15, -0.1) is 11.3 Å². The zero-order valence-electron chi connectivity index (χ0n) is 13.7. The highest BCUT2D eigenvalue weighted by Crippen LogP contribution is 2.35. The number of aryl methyl sites for hydroxylation is 2. The van der Waals surface area contributed by atoms with Gasteiger partial charge < -0.3 is 4.90 Å². The molecule has 0 saturated carbocycles. The third kappa shape index (κ3) is 4.19. The highest BCUT2D eigenvalue weighted by Gasteiger charge is 2.11. The van der Waals surface area contributed by atoms with Crippen molar-refractivity contribution in [2.45, 2.75) is 40.7 Å². The van der Waals surface area contributed by atoms with Gasteiger partial charge in [0.25, 0.3) is 0 Å². The standard InChI is InChI=1S/C16H21NS.C2H6/c1-5-14-10-12(2)16(18-14)15-9-7-6-8-13(15)11-17(3)4;1-2/h6-10H,5,11H2,1-4H3;1-2H3. The quantitative estimate of drug-likeness (QED) is 0.731. The average molecular weight is 289 g/mol. The van der Waals surface area contributed by atoms with Gasteiger partial charge in [-0.2, -0.15) is 0 Å². The van der Waals surface area contributed by atoms with E-state index in [2.05, 4.69) is 63.2 Å². The average Bonchev–Trinajstić information content (AvgIpc) is 2.82. The first kappa shape index (κ1) is 16.9. The summed E-state index contributed by atoms with van der Waals surface area (Å²) in [5.74, 6) is 0. The molecule has 0 bridgehead atoms. The number of hydrogen-bond acceptors (Lipinski definition) is 2. The Morgan fingerprint density at radius 2 is 1.75 bits per heavy atom. The Balaban J connectivity index is 0.000000956. The van der Waals surface area contributed by atoms with Crippen LogP contribution in [-0.2, 0) is 13.0 Å². The zero-order valence-corrected chi connectivity index (χ0v) is 14.5. The van der Waals surface area contributed by atoms with E-state index in [0.717, 1.165) is 13.0 Å². The maximum Gasteiger partial charge on any atom is 0.0378 e. The lowest BCUT2D eigenvalue weighted by atomic mass is 10.0. The predicted octanol–water partition coefficient (Wildman–Crippen LogP) is 5.37. The minimum absolute atomic E-state index is 0.995. The van der Waals surface area contributed by atoms with Gasteiger partial charge in [-0.25, -0.2) is 0 Å². The topological polar surface area (TPSA) is 3.24 Å². The van der Waals surface area contributed by atoms with Crippen LogP contribution in [0.25, 0.3) is 10.4 Å². The van der Waals surface area contributed by atoms with Crippen molar-refractivity contribution < 1.29 is 0 Å². The second-order valence-corrected chi connectivity index (χ2v) is 6.11. The molecule has 0 radical (unpaired) electrons. The van der Waals surface area contributed by atoms with Crippen LogP contribution in [0, 0.1) is 6.92 Å². The lowest BCUT2D eigenvalue weighted by Crippen LogP contribution is -2.11. The van der Waals surface area contributed by atoms with Crippen LogP contribution in [0.1, 0.15) is 36.8 Å². The van der Waals surface area contributed by atoms with Gasteiger partial charge in [0.15, 0.2) is 0 Å². The van der Waals surface area contributed by atoms with Crippen molar-refractivity contribution in [3.8, 4) is 10.4 Å². The van der Waals surface area contributed by atoms with E-state index >= 15 is 0 Å². The smallest absolute Gasteiger partial charge is 0.0378 e. The molecule has 0 saturated heterocycles. The van der Waals surface area contributed by atoms with Crippen molar-refractivity contribution in [1.82, 2.24) is 4.90 Å². The summed E-state index contributed by atoms with van der Waals surface area (Å²) >= 11 is 1.94. The van der Waals surface area contributed by atoms with E-state index in [-0.39, 0.29) is 0 Å². The largest absolute Gasteiger partial charge is 0.305 e. The highest BCUT2D eigenvalue weighted by atomic mass is 32.1. The van der Waals surface area contributed by atoms with Crippen molar-refractivity contribution in [3.05, 3.63) is 46.3 Å². The van der Waals surface area contributed by atoms with E-state index in [1.54, 1.807) is 0 Å². The van der Waals surface area contributed by atoms with Crippen LogP contribution in [0.4, 0.5) is 0 Å². The van der Waals surface area contributed by atoms with Crippen molar-refractivity contribution in [1.29, 1.82) is 0 Å². The number of rotatable bonds is 4. The molecule has 0 amide bonds. The Morgan fingerprint density at radius 1 is 1.10 bits per heavy atom. The molecule has 1 aromatic carbocycles. The predicted molar refractivity (Wildman–Crippen MR) is 92.6 cm³/mol. The van der Waals surface area contributed by atoms with Crippen LogP contribution in [0.5, 0.6) is 0 Å². The molecule has 0 spiro atoms. The zero-order chi connectivity index (χ0) is 15.1. The Labute approximate surface area is 128 Å². The molecule has 1 heterocycles. The molecule has 2 heteroatoms. The molecule has 0 aliphatic rings. The van der Waals surface area contributed by atoms with Gasteiger partial charge in [0.2, 0.25) is 0 Å². The van der Waals surface area contributed by atoms with Gasteiger partial charge in [-0.3, -0.25) is 0 Å². The van der Waals surface area contributed by atoms with E-state index in [4.69, 9.17) is 0 Å². The van der Waals surface area contributed by atoms with Crippen molar-refractivity contribution in [2.24, 2.45) is 0 Å². The molecule has 2 aromatic rings. The number of benzene rings is 1. The van der Waals surface area contributed by atoms with Gasteiger partial charge in [0.05, 0.1) is 0 Å². The van der Waals surface area contributed by atoms with Crippen molar-refractivity contribution in [3.63, 3.8) is 0 Å². The third-order valence-electron chi connectivity index (χ3n) is 3.07. The van der Waals surface area contributed by atoms with Gasteiger partial charge in [0, 0.05) is 16.3 Å². The summed E-state index contributed by atoms with van der Waals surface area (Å²) in [5.41, 5.74) is 4.21. The van der Waals surface area contributed by atoms with E-state index in [1.807, 2.05) is 25.2 Å². The molecule has 1 nitrogen and oxygen atoms in total. The molecule has 0 atom stereocenters. The molecule has 0 aliphatic heterocycles. The Morgan fingerprint density at radius 3 is 2.30 bits per heavy atom. The second kappa shape index (κ2) is 8.23. The normalized spacial score (nSPS) is 10.3. The van der Waals surface area contributed by atoms with Crippen LogP contribution in [0.15, 0.2) is 30.3 Å². The summed E-state index contributed by atoms with van der Waals surface area (Å²) in [7, 11) is 4.24. The SMILES string of the molecule is CC.CCc1cc(C)c(-c2ccccc2CN(C)C)s1. The molecule has 0 unspecified atom stereocenters. The Kier molecular flexibility index (Phi) is 6.97. The van der Waals surface area contributed by atoms with Gasteiger partial charge in [0.1, 0.15) is 0 Å². The summed E-state index contributed by atoms with van der Waals surface area (Å²) in [6.45, 7) is 9.44. The fourth-order valence-electron chi connectivity index (χ4n) is 2.21. The summed E-state index contributed by atoms with van der Waals surface area (Å²) in [6, 6.07) is 11.1. The maximum absolute atomic E-state index is 2.33. The van der Waals surface area contributed by atoms with E-state index < -0.39 is 0 Å². The van der Waals surface area contributed by atoms with Gasteiger partial charge >= 0.3 is 0 Å². The molecule has 0 N–H and O–H groups in total. The molecular formula is C18H27NS. The minimum Gasteiger partial charge on any atom is -0.305 e. The van der Waals surface area contributed by atoms with Crippen LogP contribution in [-0.4, -0.2) is 19.0 Å². The Hall–Kier alpha value is -1.12. The molecule has 0 fully saturated rings. The second-order valence-electron chi connectivity index (χ2n) is 4.97. The highest BCUT2D eigenvalue weighted by molar-refractivity contribution is 7.15. The Bertz CT molecular complexity index is 526. The van der Waals surface area contributed by atoms with Gasteiger partial charge in [-0.1, -0.05) is 45.0 Å².